The van der Waals surface area contributed by atoms with E-state index in [0.29, 0.717) is 0 Å². The van der Waals surface area contributed by atoms with Gasteiger partial charge in [0.15, 0.2) is 12.4 Å². The van der Waals surface area contributed by atoms with Crippen molar-refractivity contribution >= 4 is 10.8 Å². The smallest absolute Gasteiger partial charge is 0.176 e. The molecule has 0 aliphatic heterocycles. The number of hydrogen-bond acceptors (Lipinski definition) is 0. The molecule has 1 heterocycles. The van der Waals surface area contributed by atoms with Crippen LogP contribution in [-0.2, 0) is 13.5 Å². The third-order valence-corrected chi connectivity index (χ3v) is 2.53. The van der Waals surface area contributed by atoms with Crippen LogP contribution in [0.4, 0.5) is 0 Å². The molecule has 0 saturated heterocycles. The van der Waals surface area contributed by atoms with Crippen LogP contribution >= 0.6 is 0 Å². The summed E-state index contributed by atoms with van der Waals surface area (Å²) in [5, 5.41) is 2.73. The van der Waals surface area contributed by atoms with E-state index < -0.39 is 0 Å². The van der Waals surface area contributed by atoms with E-state index in [1.54, 1.807) is 0 Å². The first kappa shape index (κ1) is 12.4. The number of fused-ring (bicyclic) bond motifs is 1. The monoisotopic (exact) mass is 313 g/mol. The number of hydrogen-bond donors (Lipinski definition) is 0. The van der Waals surface area contributed by atoms with E-state index in [4.69, 9.17) is 0 Å². The minimum atomic E-state index is 0. The zero-order valence-corrected chi connectivity index (χ0v) is 11.4. The van der Waals surface area contributed by atoms with Gasteiger partial charge in [-0.3, -0.25) is 0 Å². The van der Waals surface area contributed by atoms with E-state index in [0.717, 1.165) is 6.42 Å². The Morgan fingerprint density at radius 1 is 1.13 bits per heavy atom. The average Bonchev–Trinajstić information content (AvgIpc) is 2.18. The lowest BCUT2D eigenvalue weighted by Gasteiger charge is -2.02. The lowest BCUT2D eigenvalue weighted by atomic mass is 10.0. The summed E-state index contributed by atoms with van der Waals surface area (Å²) in [6.07, 6.45) is 6.77. The molecule has 80 valence electrons. The molecule has 0 saturated carbocycles. The molecule has 0 atom stereocenters. The molecular weight excluding hydrogens is 297 g/mol. The van der Waals surface area contributed by atoms with Gasteiger partial charge in [0.1, 0.15) is 7.05 Å². The van der Waals surface area contributed by atoms with Crippen LogP contribution in [0.3, 0.4) is 0 Å². The normalized spacial score (nSPS) is 10.0. The van der Waals surface area contributed by atoms with Gasteiger partial charge < -0.3 is 24.0 Å². The number of pyridine rings is 1. The van der Waals surface area contributed by atoms with E-state index in [2.05, 4.69) is 55.2 Å². The van der Waals surface area contributed by atoms with E-state index in [1.165, 1.54) is 22.8 Å². The summed E-state index contributed by atoms with van der Waals surface area (Å²) in [5.74, 6) is 0. The summed E-state index contributed by atoms with van der Waals surface area (Å²) in [4.78, 5) is 0. The van der Waals surface area contributed by atoms with Gasteiger partial charge in [-0.15, -0.1) is 0 Å². The second-order valence-electron chi connectivity index (χ2n) is 3.79. The predicted octanol–water partition coefficient (Wildman–Crippen LogP) is -0.379. The number of rotatable bonds is 2. The summed E-state index contributed by atoms with van der Waals surface area (Å²) in [7, 11) is 2.09. The number of aromatic nitrogens is 1. The second-order valence-corrected chi connectivity index (χ2v) is 3.79. The highest BCUT2D eigenvalue weighted by molar-refractivity contribution is 5.83. The Morgan fingerprint density at radius 3 is 2.60 bits per heavy atom. The summed E-state index contributed by atoms with van der Waals surface area (Å²) < 4.78 is 2.15. The molecule has 0 aliphatic rings. The molecule has 0 fully saturated rings. The summed E-state index contributed by atoms with van der Waals surface area (Å²) in [5.41, 5.74) is 1.45. The van der Waals surface area contributed by atoms with Crippen molar-refractivity contribution < 1.29 is 28.5 Å². The minimum Gasteiger partial charge on any atom is -1.00 e. The van der Waals surface area contributed by atoms with Gasteiger partial charge in [0.2, 0.25) is 0 Å². The fourth-order valence-electron chi connectivity index (χ4n) is 1.94. The lowest BCUT2D eigenvalue weighted by molar-refractivity contribution is -0.670. The number of halogens is 1. The molecule has 0 amide bonds. The van der Waals surface area contributed by atoms with Crippen LogP contribution in [0.5, 0.6) is 0 Å². The van der Waals surface area contributed by atoms with Crippen molar-refractivity contribution in [2.24, 2.45) is 7.05 Å². The highest BCUT2D eigenvalue weighted by Gasteiger charge is 2.05. The first-order chi connectivity index (χ1) is 6.81. The van der Waals surface area contributed by atoms with E-state index in [-0.39, 0.29) is 24.0 Å². The van der Waals surface area contributed by atoms with Crippen molar-refractivity contribution in [2.45, 2.75) is 19.8 Å². The Morgan fingerprint density at radius 2 is 1.87 bits per heavy atom. The molecule has 2 rings (SSSR count). The zero-order chi connectivity index (χ0) is 9.97. The SMILES string of the molecule is CCCc1c[n+](C)cc2ccccc12.[I-]. The van der Waals surface area contributed by atoms with Crippen molar-refractivity contribution in [3.63, 3.8) is 0 Å². The van der Waals surface area contributed by atoms with Gasteiger partial charge in [-0.25, -0.2) is 4.57 Å². The molecule has 2 heteroatoms. The quantitative estimate of drug-likeness (QED) is 0.526. The lowest BCUT2D eigenvalue weighted by Crippen LogP contribution is -3.00. The van der Waals surface area contributed by atoms with Crippen molar-refractivity contribution in [1.29, 1.82) is 0 Å². The fourth-order valence-corrected chi connectivity index (χ4v) is 1.94. The van der Waals surface area contributed by atoms with Crippen molar-refractivity contribution in [2.75, 3.05) is 0 Å². The van der Waals surface area contributed by atoms with Crippen LogP contribution in [0.1, 0.15) is 18.9 Å². The van der Waals surface area contributed by atoms with Crippen molar-refractivity contribution in [1.82, 2.24) is 0 Å². The van der Waals surface area contributed by atoms with Crippen molar-refractivity contribution in [3.05, 3.63) is 42.2 Å². The Hall–Kier alpha value is -0.640. The molecule has 0 spiro atoms. The molecule has 2 aromatic rings. The largest absolute Gasteiger partial charge is 1.00 e. The highest BCUT2D eigenvalue weighted by Crippen LogP contribution is 2.17. The van der Waals surface area contributed by atoms with Crippen LogP contribution < -0.4 is 28.5 Å². The molecule has 0 N–H and O–H groups in total. The second kappa shape index (κ2) is 5.45. The van der Waals surface area contributed by atoms with Crippen molar-refractivity contribution in [3.8, 4) is 0 Å². The molecule has 0 unspecified atom stereocenters. The maximum atomic E-state index is 2.23. The Balaban J connectivity index is 0.00000112. The summed E-state index contributed by atoms with van der Waals surface area (Å²) >= 11 is 0. The van der Waals surface area contributed by atoms with Gasteiger partial charge in [0, 0.05) is 10.9 Å². The predicted molar refractivity (Wildman–Crippen MR) is 59.1 cm³/mol. The molecule has 15 heavy (non-hydrogen) atoms. The molecule has 1 aromatic heterocycles. The average molecular weight is 313 g/mol. The van der Waals surface area contributed by atoms with Gasteiger partial charge in [-0.05, 0) is 17.9 Å². The number of nitrogens with zero attached hydrogens (tertiary/aromatic N) is 1. The molecule has 0 aliphatic carbocycles. The maximum Gasteiger partial charge on any atom is 0.176 e. The Kier molecular flexibility index (Phi) is 4.51. The van der Waals surface area contributed by atoms with E-state index in [9.17, 15) is 0 Å². The zero-order valence-electron chi connectivity index (χ0n) is 9.20. The Bertz CT molecular complexity index is 451. The van der Waals surface area contributed by atoms with Gasteiger partial charge in [-0.2, -0.15) is 0 Å². The van der Waals surface area contributed by atoms with Gasteiger partial charge >= 0.3 is 0 Å². The molecule has 1 aromatic carbocycles. The van der Waals surface area contributed by atoms with Gasteiger partial charge in [0.05, 0.1) is 0 Å². The van der Waals surface area contributed by atoms with Crippen LogP contribution in [0.15, 0.2) is 36.7 Å². The maximum absolute atomic E-state index is 2.23. The van der Waals surface area contributed by atoms with Crippen LogP contribution in [0.25, 0.3) is 10.8 Å². The number of aryl methyl sites for hydroxylation is 2. The first-order valence-corrected chi connectivity index (χ1v) is 5.18. The molecule has 1 nitrogen and oxygen atoms in total. The molecule has 0 bridgehead atoms. The summed E-state index contributed by atoms with van der Waals surface area (Å²) in [6, 6.07) is 8.59. The standard InChI is InChI=1S/C13H16N.HI/c1-3-6-11-9-14(2)10-12-7-4-5-8-13(11)12;/h4-5,7-10H,3,6H2,1-2H3;1H/q+1;/p-1. The molecular formula is C13H16IN. The van der Waals surface area contributed by atoms with E-state index in [1.807, 2.05) is 0 Å². The summed E-state index contributed by atoms with van der Waals surface area (Å²) in [6.45, 7) is 2.22. The minimum absolute atomic E-state index is 0. The van der Waals surface area contributed by atoms with Crippen LogP contribution in [-0.4, -0.2) is 0 Å². The van der Waals surface area contributed by atoms with E-state index >= 15 is 0 Å². The van der Waals surface area contributed by atoms with Gasteiger partial charge in [0.25, 0.3) is 0 Å². The highest BCUT2D eigenvalue weighted by atomic mass is 127. The Labute approximate surface area is 108 Å². The van der Waals surface area contributed by atoms with Crippen LogP contribution in [0, 0.1) is 0 Å². The topological polar surface area (TPSA) is 3.88 Å². The van der Waals surface area contributed by atoms with Crippen LogP contribution in [0.2, 0.25) is 0 Å². The third-order valence-electron chi connectivity index (χ3n) is 2.53. The fraction of sp³-hybridized carbons (Fsp3) is 0.308. The molecule has 0 radical (unpaired) electrons. The third kappa shape index (κ3) is 2.68. The van der Waals surface area contributed by atoms with Gasteiger partial charge in [-0.1, -0.05) is 31.5 Å². The first-order valence-electron chi connectivity index (χ1n) is 5.18. The number of benzene rings is 1.